The van der Waals surface area contributed by atoms with Crippen LogP contribution in [0.4, 0.5) is 5.82 Å². The first-order chi connectivity index (χ1) is 17.5. The molecular formula is C25H20ClN7O2S. The van der Waals surface area contributed by atoms with Crippen LogP contribution in [-0.2, 0) is 6.54 Å². The van der Waals surface area contributed by atoms with E-state index in [4.69, 9.17) is 11.6 Å². The Bertz CT molecular complexity index is 1590. The Kier molecular flexibility index (Phi) is 6.61. The largest absolute Gasteiger partial charge is 0.373 e. The number of amides is 1. The van der Waals surface area contributed by atoms with E-state index >= 15 is 0 Å². The van der Waals surface area contributed by atoms with Crippen molar-refractivity contribution in [2.24, 2.45) is 0 Å². The molecule has 9 nitrogen and oxygen atoms in total. The molecule has 11 heteroatoms. The zero-order valence-corrected chi connectivity index (χ0v) is 20.6. The number of aromatic nitrogens is 5. The summed E-state index contributed by atoms with van der Waals surface area (Å²) in [6, 6.07) is 17.8. The summed E-state index contributed by atoms with van der Waals surface area (Å²) in [6.07, 6.45) is 5.23. The molecule has 36 heavy (non-hydrogen) atoms. The molecule has 1 amide bonds. The van der Waals surface area contributed by atoms with Crippen LogP contribution in [0.2, 0.25) is 4.34 Å². The number of carbonyl (C=O) groups excluding carboxylic acids is 1. The fourth-order valence-corrected chi connectivity index (χ4v) is 4.60. The second kappa shape index (κ2) is 10.1. The van der Waals surface area contributed by atoms with E-state index in [0.717, 1.165) is 22.6 Å². The maximum absolute atomic E-state index is 12.4. The molecule has 0 saturated carbocycles. The van der Waals surface area contributed by atoms with Gasteiger partial charge in [0.25, 0.3) is 11.5 Å². The van der Waals surface area contributed by atoms with Crippen LogP contribution in [0.5, 0.6) is 0 Å². The number of hydrogen-bond donors (Lipinski definition) is 2. The molecule has 4 aromatic heterocycles. The summed E-state index contributed by atoms with van der Waals surface area (Å²) < 4.78 is 3.77. The summed E-state index contributed by atoms with van der Waals surface area (Å²) in [5, 5.41) is 14.3. The van der Waals surface area contributed by atoms with Crippen molar-refractivity contribution in [1.82, 2.24) is 29.9 Å². The lowest BCUT2D eigenvalue weighted by Gasteiger charge is -2.13. The average Bonchev–Trinajstić information content (AvgIpc) is 3.56. The van der Waals surface area contributed by atoms with Gasteiger partial charge in [-0.05, 0) is 48.5 Å². The van der Waals surface area contributed by atoms with E-state index in [9.17, 15) is 9.59 Å². The van der Waals surface area contributed by atoms with Crippen molar-refractivity contribution in [1.29, 1.82) is 0 Å². The predicted octanol–water partition coefficient (Wildman–Crippen LogP) is 4.17. The highest BCUT2D eigenvalue weighted by molar-refractivity contribution is 7.18. The van der Waals surface area contributed by atoms with Crippen molar-refractivity contribution >= 4 is 34.7 Å². The van der Waals surface area contributed by atoms with Gasteiger partial charge in [0.15, 0.2) is 0 Å². The van der Waals surface area contributed by atoms with Crippen LogP contribution in [0, 0.1) is 0 Å². The topological polar surface area (TPSA) is 107 Å². The first-order valence-corrected chi connectivity index (χ1v) is 12.1. The Hall–Kier alpha value is -4.28. The first-order valence-electron chi connectivity index (χ1n) is 10.9. The van der Waals surface area contributed by atoms with Gasteiger partial charge >= 0.3 is 0 Å². The lowest BCUT2D eigenvalue weighted by atomic mass is 10.0. The van der Waals surface area contributed by atoms with Gasteiger partial charge in [-0.15, -0.1) is 16.4 Å². The van der Waals surface area contributed by atoms with E-state index < -0.39 is 0 Å². The third kappa shape index (κ3) is 4.90. The Balaban J connectivity index is 1.48. The molecule has 4 heterocycles. The minimum absolute atomic E-state index is 0.134. The monoisotopic (exact) mass is 517 g/mol. The molecule has 0 atom stereocenters. The lowest BCUT2D eigenvalue weighted by molar-refractivity contribution is 0.0954. The van der Waals surface area contributed by atoms with Crippen molar-refractivity contribution in [2.45, 2.75) is 6.54 Å². The molecule has 2 N–H and O–H groups in total. The maximum atomic E-state index is 12.4. The van der Waals surface area contributed by atoms with Gasteiger partial charge in [-0.3, -0.25) is 14.2 Å². The summed E-state index contributed by atoms with van der Waals surface area (Å²) in [7, 11) is 1.80. The number of anilines is 1. The molecule has 5 rings (SSSR count). The summed E-state index contributed by atoms with van der Waals surface area (Å²) >= 11 is 7.13. The van der Waals surface area contributed by atoms with E-state index in [1.165, 1.54) is 17.4 Å². The van der Waals surface area contributed by atoms with Gasteiger partial charge in [-0.2, -0.15) is 0 Å². The molecule has 0 radical (unpaired) electrons. The standard InChI is InChI=1S/C25H20ClN7O2S/c1-27-23-10-5-16(13-28-23)19-12-18(32-11-3-2-4-24(32)34)6-7-20(19)33-15-17(30-31-33)14-29-25(35)21-8-9-22(26)36-21/h2-13,15H,14H2,1H3,(H,27,28)(H,29,35). The van der Waals surface area contributed by atoms with E-state index in [2.05, 4.69) is 25.9 Å². The summed E-state index contributed by atoms with van der Waals surface area (Å²) in [6.45, 7) is 0.208. The van der Waals surface area contributed by atoms with Gasteiger partial charge in [-0.25, -0.2) is 9.67 Å². The quantitative estimate of drug-likeness (QED) is 0.335. The molecule has 1 aromatic carbocycles. The number of halogens is 1. The Morgan fingerprint density at radius 1 is 1.11 bits per heavy atom. The van der Waals surface area contributed by atoms with E-state index in [1.54, 1.807) is 59.2 Å². The number of benzene rings is 1. The molecule has 0 saturated heterocycles. The SMILES string of the molecule is CNc1ccc(-c2cc(-n3ccccc3=O)ccc2-n2cc(CNC(=O)c3ccc(Cl)s3)nn2)cn1. The van der Waals surface area contributed by atoms with Crippen molar-refractivity contribution in [3.8, 4) is 22.5 Å². The number of hydrogen-bond acceptors (Lipinski definition) is 7. The van der Waals surface area contributed by atoms with E-state index in [0.29, 0.717) is 20.6 Å². The van der Waals surface area contributed by atoms with Crippen LogP contribution in [-0.4, -0.2) is 37.5 Å². The zero-order chi connectivity index (χ0) is 25.1. The Morgan fingerprint density at radius 3 is 2.72 bits per heavy atom. The van der Waals surface area contributed by atoms with Gasteiger partial charge in [0.1, 0.15) is 11.5 Å². The van der Waals surface area contributed by atoms with Crippen LogP contribution >= 0.6 is 22.9 Å². The fraction of sp³-hybridized carbons (Fsp3) is 0.0800. The second-order valence-electron chi connectivity index (χ2n) is 7.73. The van der Waals surface area contributed by atoms with E-state index in [1.807, 2.05) is 30.3 Å². The van der Waals surface area contributed by atoms with Crippen molar-refractivity contribution in [2.75, 3.05) is 12.4 Å². The smallest absolute Gasteiger partial charge is 0.261 e. The van der Waals surface area contributed by atoms with Gasteiger partial charge in [0.2, 0.25) is 0 Å². The summed E-state index contributed by atoms with van der Waals surface area (Å²) in [4.78, 5) is 29.7. The molecule has 0 unspecified atom stereocenters. The third-order valence-corrected chi connectivity index (χ3v) is 6.66. The number of carbonyl (C=O) groups is 1. The highest BCUT2D eigenvalue weighted by Gasteiger charge is 2.14. The molecule has 0 spiro atoms. The predicted molar refractivity (Wildman–Crippen MR) is 140 cm³/mol. The van der Waals surface area contributed by atoms with Crippen LogP contribution in [0.3, 0.4) is 0 Å². The van der Waals surface area contributed by atoms with E-state index in [-0.39, 0.29) is 18.0 Å². The zero-order valence-electron chi connectivity index (χ0n) is 19.1. The number of pyridine rings is 2. The van der Waals surface area contributed by atoms with Crippen molar-refractivity contribution in [3.63, 3.8) is 0 Å². The second-order valence-corrected chi connectivity index (χ2v) is 9.45. The Morgan fingerprint density at radius 2 is 2.00 bits per heavy atom. The highest BCUT2D eigenvalue weighted by Crippen LogP contribution is 2.29. The number of nitrogens with zero attached hydrogens (tertiary/aromatic N) is 5. The van der Waals surface area contributed by atoms with Crippen LogP contribution in [0.1, 0.15) is 15.4 Å². The molecule has 0 aliphatic rings. The molecule has 0 aliphatic heterocycles. The van der Waals surface area contributed by atoms with Gasteiger partial charge in [0, 0.05) is 42.3 Å². The van der Waals surface area contributed by atoms with Gasteiger partial charge in [0.05, 0.1) is 27.6 Å². The van der Waals surface area contributed by atoms with Crippen LogP contribution in [0.25, 0.3) is 22.5 Å². The molecule has 5 aromatic rings. The minimum atomic E-state index is -0.226. The van der Waals surface area contributed by atoms with Crippen LogP contribution < -0.4 is 16.2 Å². The summed E-state index contributed by atoms with van der Waals surface area (Å²) in [5.41, 5.74) is 3.56. The highest BCUT2D eigenvalue weighted by atomic mass is 35.5. The third-order valence-electron chi connectivity index (χ3n) is 5.43. The lowest BCUT2D eigenvalue weighted by Crippen LogP contribution is -2.21. The number of thiophene rings is 1. The molecule has 0 bridgehead atoms. The molecular weight excluding hydrogens is 498 g/mol. The van der Waals surface area contributed by atoms with Gasteiger partial charge in [-0.1, -0.05) is 22.9 Å². The molecule has 180 valence electrons. The average molecular weight is 518 g/mol. The summed E-state index contributed by atoms with van der Waals surface area (Å²) in [5.74, 6) is 0.511. The molecule has 0 fully saturated rings. The minimum Gasteiger partial charge on any atom is -0.373 e. The van der Waals surface area contributed by atoms with Gasteiger partial charge < -0.3 is 10.6 Å². The fourth-order valence-electron chi connectivity index (χ4n) is 3.64. The maximum Gasteiger partial charge on any atom is 0.261 e. The number of rotatable bonds is 7. The van der Waals surface area contributed by atoms with Crippen LogP contribution in [0.15, 0.2) is 84.0 Å². The van der Waals surface area contributed by atoms with Crippen molar-refractivity contribution in [3.05, 3.63) is 105 Å². The van der Waals surface area contributed by atoms with Crippen molar-refractivity contribution < 1.29 is 4.79 Å². The first kappa shape index (κ1) is 23.5. The molecule has 0 aliphatic carbocycles. The Labute approximate surface area is 215 Å². The number of nitrogens with one attached hydrogen (secondary N) is 2. The normalized spacial score (nSPS) is 10.8.